The zero-order valence-corrected chi connectivity index (χ0v) is 11.7. The van der Waals surface area contributed by atoms with Crippen molar-refractivity contribution in [2.24, 2.45) is 0 Å². The predicted molar refractivity (Wildman–Crippen MR) is 72.2 cm³/mol. The standard InChI is InChI=1S/C13H19N3O3/c1-5-16(9-12(17)19-4)13(18)10-6-7-11(14-8-10)15(2)3/h6-8H,5,9H2,1-4H3. The second kappa shape index (κ2) is 6.72. The first-order valence-corrected chi connectivity index (χ1v) is 5.99. The molecule has 0 aliphatic rings. The summed E-state index contributed by atoms with van der Waals surface area (Å²) in [5, 5.41) is 0. The second-order valence-electron chi connectivity index (χ2n) is 4.19. The van der Waals surface area contributed by atoms with Crippen LogP contribution in [0.4, 0.5) is 5.82 Å². The van der Waals surface area contributed by atoms with Gasteiger partial charge in [0.05, 0.1) is 12.7 Å². The number of anilines is 1. The monoisotopic (exact) mass is 265 g/mol. The SMILES string of the molecule is CCN(CC(=O)OC)C(=O)c1ccc(N(C)C)nc1. The van der Waals surface area contributed by atoms with Crippen molar-refractivity contribution in [3.05, 3.63) is 23.9 Å². The van der Waals surface area contributed by atoms with E-state index in [0.717, 1.165) is 5.82 Å². The summed E-state index contributed by atoms with van der Waals surface area (Å²) in [5.74, 6) is 0.103. The number of nitrogens with zero attached hydrogens (tertiary/aromatic N) is 3. The Balaban J connectivity index is 2.82. The number of methoxy groups -OCH3 is 1. The summed E-state index contributed by atoms with van der Waals surface area (Å²) >= 11 is 0. The molecule has 19 heavy (non-hydrogen) atoms. The molecule has 0 N–H and O–H groups in total. The minimum atomic E-state index is -0.437. The summed E-state index contributed by atoms with van der Waals surface area (Å²) in [7, 11) is 5.05. The van der Waals surface area contributed by atoms with Crippen molar-refractivity contribution in [1.82, 2.24) is 9.88 Å². The van der Waals surface area contributed by atoms with Crippen molar-refractivity contribution in [2.75, 3.05) is 39.2 Å². The molecule has 0 saturated carbocycles. The van der Waals surface area contributed by atoms with E-state index in [1.165, 1.54) is 18.2 Å². The summed E-state index contributed by atoms with van der Waals surface area (Å²) in [6.07, 6.45) is 1.51. The third-order valence-electron chi connectivity index (χ3n) is 2.67. The maximum Gasteiger partial charge on any atom is 0.325 e. The summed E-state index contributed by atoms with van der Waals surface area (Å²) < 4.78 is 4.56. The van der Waals surface area contributed by atoms with Crippen LogP contribution in [0, 0.1) is 0 Å². The van der Waals surface area contributed by atoms with Crippen LogP contribution in [0.1, 0.15) is 17.3 Å². The van der Waals surface area contributed by atoms with Crippen LogP contribution in [0.15, 0.2) is 18.3 Å². The molecule has 0 bridgehead atoms. The molecular formula is C13H19N3O3. The number of likely N-dealkylation sites (N-methyl/N-ethyl adjacent to an activating group) is 1. The third kappa shape index (κ3) is 3.94. The van der Waals surface area contributed by atoms with Crippen LogP contribution in [0.25, 0.3) is 0 Å². The van der Waals surface area contributed by atoms with Gasteiger partial charge in [0.1, 0.15) is 12.4 Å². The van der Waals surface area contributed by atoms with Crippen LogP contribution >= 0.6 is 0 Å². The normalized spacial score (nSPS) is 9.89. The topological polar surface area (TPSA) is 62.7 Å². The Labute approximate surface area is 113 Å². The molecular weight excluding hydrogens is 246 g/mol. The first-order chi connectivity index (χ1) is 8.99. The number of pyridine rings is 1. The van der Waals surface area contributed by atoms with Crippen molar-refractivity contribution in [2.45, 2.75) is 6.92 Å². The Hall–Kier alpha value is -2.11. The van der Waals surface area contributed by atoms with Crippen molar-refractivity contribution >= 4 is 17.7 Å². The summed E-state index contributed by atoms with van der Waals surface area (Å²) in [6, 6.07) is 3.46. The molecule has 1 aromatic heterocycles. The van der Waals surface area contributed by atoms with Crippen LogP contribution in [0.5, 0.6) is 0 Å². The number of rotatable bonds is 5. The number of hydrogen-bond donors (Lipinski definition) is 0. The van der Waals surface area contributed by atoms with Crippen LogP contribution < -0.4 is 4.90 Å². The largest absolute Gasteiger partial charge is 0.468 e. The zero-order valence-electron chi connectivity index (χ0n) is 11.7. The lowest BCUT2D eigenvalue weighted by Gasteiger charge is -2.19. The van der Waals surface area contributed by atoms with Gasteiger partial charge in [-0.25, -0.2) is 4.98 Å². The molecule has 6 nitrogen and oxygen atoms in total. The molecule has 0 fully saturated rings. The Bertz CT molecular complexity index is 443. The fraction of sp³-hybridized carbons (Fsp3) is 0.462. The van der Waals surface area contributed by atoms with Gasteiger partial charge in [-0.2, -0.15) is 0 Å². The van der Waals surface area contributed by atoms with Crippen LogP contribution in [-0.2, 0) is 9.53 Å². The molecule has 1 heterocycles. The molecule has 0 atom stereocenters. The summed E-state index contributed by atoms with van der Waals surface area (Å²) in [5.41, 5.74) is 0.455. The van der Waals surface area contributed by atoms with Crippen molar-refractivity contribution in [3.8, 4) is 0 Å². The number of ether oxygens (including phenoxy) is 1. The lowest BCUT2D eigenvalue weighted by molar-refractivity contribution is -0.141. The molecule has 104 valence electrons. The van der Waals surface area contributed by atoms with E-state index in [1.807, 2.05) is 25.9 Å². The zero-order chi connectivity index (χ0) is 14.4. The molecule has 0 radical (unpaired) electrons. The van der Waals surface area contributed by atoms with E-state index in [4.69, 9.17) is 0 Å². The Morgan fingerprint density at radius 2 is 2.00 bits per heavy atom. The number of carbonyl (C=O) groups is 2. The number of aromatic nitrogens is 1. The van der Waals surface area contributed by atoms with Gasteiger partial charge in [-0.3, -0.25) is 9.59 Å². The summed E-state index contributed by atoms with van der Waals surface area (Å²) in [4.78, 5) is 30.8. The number of amides is 1. The van der Waals surface area contributed by atoms with Gasteiger partial charge in [0, 0.05) is 26.8 Å². The lowest BCUT2D eigenvalue weighted by Crippen LogP contribution is -2.36. The van der Waals surface area contributed by atoms with E-state index < -0.39 is 5.97 Å². The van der Waals surface area contributed by atoms with Crippen LogP contribution in [0.2, 0.25) is 0 Å². The lowest BCUT2D eigenvalue weighted by atomic mass is 10.2. The first-order valence-electron chi connectivity index (χ1n) is 5.99. The number of hydrogen-bond acceptors (Lipinski definition) is 5. The highest BCUT2D eigenvalue weighted by Gasteiger charge is 2.17. The molecule has 0 saturated heterocycles. The van der Waals surface area contributed by atoms with E-state index in [-0.39, 0.29) is 12.5 Å². The molecule has 0 unspecified atom stereocenters. The molecule has 0 aliphatic heterocycles. The van der Waals surface area contributed by atoms with Crippen molar-refractivity contribution in [1.29, 1.82) is 0 Å². The molecule has 0 spiro atoms. The summed E-state index contributed by atoms with van der Waals surface area (Å²) in [6.45, 7) is 2.19. The molecule has 1 amide bonds. The van der Waals surface area contributed by atoms with Gasteiger partial charge in [0.2, 0.25) is 0 Å². The van der Waals surface area contributed by atoms with Gasteiger partial charge >= 0.3 is 5.97 Å². The van der Waals surface area contributed by atoms with Gasteiger partial charge in [0.15, 0.2) is 0 Å². The fourth-order valence-electron chi connectivity index (χ4n) is 1.51. The molecule has 6 heteroatoms. The van der Waals surface area contributed by atoms with E-state index in [9.17, 15) is 9.59 Å². The van der Waals surface area contributed by atoms with Gasteiger partial charge in [-0.15, -0.1) is 0 Å². The number of esters is 1. The molecule has 1 rings (SSSR count). The molecule has 0 aliphatic carbocycles. The van der Waals surface area contributed by atoms with Crippen molar-refractivity contribution < 1.29 is 14.3 Å². The van der Waals surface area contributed by atoms with Crippen LogP contribution in [-0.4, -0.2) is 56.1 Å². The minimum Gasteiger partial charge on any atom is -0.468 e. The second-order valence-corrected chi connectivity index (χ2v) is 4.19. The maximum absolute atomic E-state index is 12.2. The highest BCUT2D eigenvalue weighted by atomic mass is 16.5. The average molecular weight is 265 g/mol. The van der Waals surface area contributed by atoms with Gasteiger partial charge in [-0.05, 0) is 19.1 Å². The average Bonchev–Trinajstić information content (AvgIpc) is 2.43. The van der Waals surface area contributed by atoms with E-state index >= 15 is 0 Å². The highest BCUT2D eigenvalue weighted by Crippen LogP contribution is 2.10. The Morgan fingerprint density at radius 1 is 1.32 bits per heavy atom. The first kappa shape index (κ1) is 14.9. The predicted octanol–water partition coefficient (Wildman–Crippen LogP) is 0.783. The maximum atomic E-state index is 12.2. The van der Waals surface area contributed by atoms with E-state index in [1.54, 1.807) is 12.1 Å². The Kier molecular flexibility index (Phi) is 5.29. The molecule has 1 aromatic rings. The minimum absolute atomic E-state index is 0.0543. The van der Waals surface area contributed by atoms with Gasteiger partial charge in [0.25, 0.3) is 5.91 Å². The highest BCUT2D eigenvalue weighted by molar-refractivity contribution is 5.95. The van der Waals surface area contributed by atoms with Gasteiger partial charge in [-0.1, -0.05) is 0 Å². The molecule has 0 aromatic carbocycles. The third-order valence-corrected chi connectivity index (χ3v) is 2.67. The smallest absolute Gasteiger partial charge is 0.325 e. The number of carbonyl (C=O) groups excluding carboxylic acids is 2. The quantitative estimate of drug-likeness (QED) is 0.736. The van der Waals surface area contributed by atoms with Gasteiger partial charge < -0.3 is 14.5 Å². The van der Waals surface area contributed by atoms with E-state index in [2.05, 4.69) is 9.72 Å². The van der Waals surface area contributed by atoms with Crippen molar-refractivity contribution in [3.63, 3.8) is 0 Å². The fourth-order valence-corrected chi connectivity index (χ4v) is 1.51. The van der Waals surface area contributed by atoms with Crippen LogP contribution in [0.3, 0.4) is 0 Å². The van der Waals surface area contributed by atoms with E-state index in [0.29, 0.717) is 12.1 Å². The Morgan fingerprint density at radius 3 is 2.42 bits per heavy atom.